The minimum atomic E-state index is -0.759. The second-order valence-electron chi connectivity index (χ2n) is 8.99. The van der Waals surface area contributed by atoms with Gasteiger partial charge in [0.2, 0.25) is 0 Å². The highest BCUT2D eigenvalue weighted by Crippen LogP contribution is 2.29. The number of aliphatic imine (C=N–C) groups is 1. The van der Waals surface area contributed by atoms with Crippen LogP contribution in [0.4, 0.5) is 5.69 Å². The number of nitrogens with zero attached hydrogens (tertiary/aromatic N) is 3. The molecule has 0 aromatic heterocycles. The Hall–Kier alpha value is -3.33. The lowest BCUT2D eigenvalue weighted by atomic mass is 9.91. The van der Waals surface area contributed by atoms with Crippen LogP contribution in [0, 0.1) is 17.2 Å². The quantitative estimate of drug-likeness (QED) is 0.677. The molecule has 162 valence electrons. The van der Waals surface area contributed by atoms with Gasteiger partial charge in [-0.25, -0.2) is 4.99 Å². The summed E-state index contributed by atoms with van der Waals surface area (Å²) in [6, 6.07) is 18.1. The Balaban J connectivity index is 1.58. The summed E-state index contributed by atoms with van der Waals surface area (Å²) in [5, 5.41) is 12.4. The molecule has 6 nitrogen and oxygen atoms in total. The molecule has 1 amide bonds. The highest BCUT2D eigenvalue weighted by Gasteiger charge is 2.43. The van der Waals surface area contributed by atoms with Crippen LogP contribution in [0.25, 0.3) is 0 Å². The van der Waals surface area contributed by atoms with Gasteiger partial charge in [0.1, 0.15) is 5.54 Å². The highest BCUT2D eigenvalue weighted by atomic mass is 16.2. The number of anilines is 1. The highest BCUT2D eigenvalue weighted by molar-refractivity contribution is 6.06. The second-order valence-corrected chi connectivity index (χ2v) is 8.99. The van der Waals surface area contributed by atoms with Crippen molar-refractivity contribution in [1.82, 2.24) is 4.90 Å². The van der Waals surface area contributed by atoms with E-state index in [4.69, 9.17) is 11.0 Å². The molecule has 1 aliphatic rings. The van der Waals surface area contributed by atoms with Crippen molar-refractivity contribution in [2.75, 3.05) is 5.32 Å². The average molecular weight is 418 g/mol. The molecule has 3 N–H and O–H groups in total. The molecule has 0 aliphatic carbocycles. The predicted octanol–water partition coefficient (Wildman–Crippen LogP) is 4.06. The predicted molar refractivity (Wildman–Crippen MR) is 124 cm³/mol. The SMILES string of the molecule is CC(C)CC1(C)N=C(N)N(Cc2ccc(CC(C)Nc3ccc(C#N)cc3)cc2)C1=O. The van der Waals surface area contributed by atoms with Crippen LogP contribution in [-0.4, -0.2) is 28.3 Å². The fourth-order valence-electron chi connectivity index (χ4n) is 4.13. The number of hydrogen-bond acceptors (Lipinski definition) is 5. The summed E-state index contributed by atoms with van der Waals surface area (Å²) in [5.41, 5.74) is 9.20. The Morgan fingerprint density at radius 1 is 1.10 bits per heavy atom. The second kappa shape index (κ2) is 9.22. The van der Waals surface area contributed by atoms with E-state index in [-0.39, 0.29) is 11.9 Å². The Morgan fingerprint density at radius 2 is 1.71 bits per heavy atom. The first-order chi connectivity index (χ1) is 14.7. The molecule has 0 saturated carbocycles. The first kappa shape index (κ1) is 22.4. The number of nitrogens with two attached hydrogens (primary N) is 1. The molecule has 2 aromatic rings. The van der Waals surface area contributed by atoms with Gasteiger partial charge >= 0.3 is 0 Å². The third-order valence-corrected chi connectivity index (χ3v) is 5.48. The van der Waals surface area contributed by atoms with Gasteiger partial charge in [0.05, 0.1) is 18.2 Å². The van der Waals surface area contributed by atoms with Gasteiger partial charge in [-0.05, 0) is 68.0 Å². The molecular formula is C25H31N5O. The third-order valence-electron chi connectivity index (χ3n) is 5.48. The summed E-state index contributed by atoms with van der Waals surface area (Å²) in [4.78, 5) is 19.0. The Bertz CT molecular complexity index is 988. The molecule has 31 heavy (non-hydrogen) atoms. The van der Waals surface area contributed by atoms with Gasteiger partial charge in [0.25, 0.3) is 5.91 Å². The van der Waals surface area contributed by atoms with E-state index in [0.29, 0.717) is 30.4 Å². The minimum absolute atomic E-state index is 0.0250. The number of benzene rings is 2. The van der Waals surface area contributed by atoms with Crippen molar-refractivity contribution in [2.24, 2.45) is 16.6 Å². The normalized spacial score (nSPS) is 19.3. The van der Waals surface area contributed by atoms with Crippen LogP contribution >= 0.6 is 0 Å². The van der Waals surface area contributed by atoms with Crippen molar-refractivity contribution >= 4 is 17.6 Å². The monoisotopic (exact) mass is 417 g/mol. The number of amides is 1. The van der Waals surface area contributed by atoms with Crippen molar-refractivity contribution in [3.8, 4) is 6.07 Å². The van der Waals surface area contributed by atoms with Gasteiger partial charge < -0.3 is 11.1 Å². The van der Waals surface area contributed by atoms with Gasteiger partial charge in [-0.15, -0.1) is 0 Å². The lowest BCUT2D eigenvalue weighted by Crippen LogP contribution is -2.43. The molecule has 2 atom stereocenters. The third kappa shape index (κ3) is 5.43. The van der Waals surface area contributed by atoms with Gasteiger partial charge in [0.15, 0.2) is 5.96 Å². The maximum Gasteiger partial charge on any atom is 0.257 e. The summed E-state index contributed by atoms with van der Waals surface area (Å²) in [5.74, 6) is 0.644. The smallest absolute Gasteiger partial charge is 0.257 e. The standard InChI is InChI=1S/C25H31N5O/c1-17(2)14-25(4)23(31)30(24(27)29-25)16-21-7-5-19(6-8-21)13-18(3)28-22-11-9-20(15-26)10-12-22/h5-12,17-18,28H,13-14,16H2,1-4H3,(H2,27,29). The molecule has 1 heterocycles. The van der Waals surface area contributed by atoms with Crippen molar-refractivity contribution in [3.63, 3.8) is 0 Å². The molecule has 0 saturated heterocycles. The molecular weight excluding hydrogens is 386 g/mol. The summed E-state index contributed by atoms with van der Waals surface area (Å²) in [6.45, 7) is 8.60. The van der Waals surface area contributed by atoms with E-state index < -0.39 is 5.54 Å². The van der Waals surface area contributed by atoms with E-state index in [0.717, 1.165) is 17.7 Å². The maximum atomic E-state index is 12.9. The lowest BCUT2D eigenvalue weighted by molar-refractivity contribution is -0.131. The first-order valence-corrected chi connectivity index (χ1v) is 10.7. The fourth-order valence-corrected chi connectivity index (χ4v) is 4.13. The largest absolute Gasteiger partial charge is 0.382 e. The first-order valence-electron chi connectivity index (χ1n) is 10.7. The summed E-state index contributed by atoms with van der Waals surface area (Å²) in [6.07, 6.45) is 1.55. The molecule has 0 bridgehead atoms. The van der Waals surface area contributed by atoms with E-state index in [9.17, 15) is 4.79 Å². The van der Waals surface area contributed by atoms with E-state index >= 15 is 0 Å². The van der Waals surface area contributed by atoms with Crippen LogP contribution < -0.4 is 11.1 Å². The van der Waals surface area contributed by atoms with Crippen molar-refractivity contribution in [1.29, 1.82) is 5.26 Å². The zero-order chi connectivity index (χ0) is 22.6. The molecule has 6 heteroatoms. The van der Waals surface area contributed by atoms with Gasteiger partial charge in [0, 0.05) is 11.7 Å². The van der Waals surface area contributed by atoms with Crippen molar-refractivity contribution < 1.29 is 4.79 Å². The van der Waals surface area contributed by atoms with Crippen LogP contribution in [0.3, 0.4) is 0 Å². The Labute approximate surface area is 184 Å². The minimum Gasteiger partial charge on any atom is -0.382 e. The lowest BCUT2D eigenvalue weighted by Gasteiger charge is -2.23. The van der Waals surface area contributed by atoms with Crippen LogP contribution in [-0.2, 0) is 17.8 Å². The number of nitrogens with one attached hydrogen (secondary N) is 1. The fraction of sp³-hybridized carbons (Fsp3) is 0.400. The number of carbonyl (C=O) groups is 1. The van der Waals surface area contributed by atoms with Gasteiger partial charge in [-0.2, -0.15) is 5.26 Å². The van der Waals surface area contributed by atoms with E-state index in [1.807, 2.05) is 43.3 Å². The molecule has 3 rings (SSSR count). The number of guanidine groups is 1. The number of hydrogen-bond donors (Lipinski definition) is 2. The van der Waals surface area contributed by atoms with E-state index in [1.165, 1.54) is 5.56 Å². The Morgan fingerprint density at radius 3 is 2.29 bits per heavy atom. The average Bonchev–Trinajstić information content (AvgIpc) is 2.92. The van der Waals surface area contributed by atoms with Crippen LogP contribution in [0.2, 0.25) is 0 Å². The van der Waals surface area contributed by atoms with Crippen LogP contribution in [0.15, 0.2) is 53.5 Å². The van der Waals surface area contributed by atoms with Gasteiger partial charge in [-0.3, -0.25) is 9.69 Å². The van der Waals surface area contributed by atoms with Crippen molar-refractivity contribution in [2.45, 2.75) is 58.7 Å². The molecule has 2 aromatic carbocycles. The summed E-state index contributed by atoms with van der Waals surface area (Å²) < 4.78 is 0. The topological polar surface area (TPSA) is 94.5 Å². The molecule has 0 spiro atoms. The number of rotatable bonds is 8. The van der Waals surface area contributed by atoms with Crippen molar-refractivity contribution in [3.05, 3.63) is 65.2 Å². The molecule has 0 fully saturated rings. The maximum absolute atomic E-state index is 12.9. The van der Waals surface area contributed by atoms with E-state index in [1.54, 1.807) is 4.90 Å². The summed E-state index contributed by atoms with van der Waals surface area (Å²) >= 11 is 0. The van der Waals surface area contributed by atoms with Crippen LogP contribution in [0.5, 0.6) is 0 Å². The van der Waals surface area contributed by atoms with Gasteiger partial charge in [-0.1, -0.05) is 38.1 Å². The zero-order valence-electron chi connectivity index (χ0n) is 18.7. The number of nitriles is 1. The van der Waals surface area contributed by atoms with E-state index in [2.05, 4.69) is 49.3 Å². The number of carbonyl (C=O) groups excluding carboxylic acids is 1. The molecule has 2 unspecified atom stereocenters. The Kier molecular flexibility index (Phi) is 6.65. The molecule has 0 radical (unpaired) electrons. The van der Waals surface area contributed by atoms with Crippen LogP contribution in [0.1, 0.15) is 50.8 Å². The summed E-state index contributed by atoms with van der Waals surface area (Å²) in [7, 11) is 0. The zero-order valence-corrected chi connectivity index (χ0v) is 18.7. The molecule has 1 aliphatic heterocycles.